The van der Waals surface area contributed by atoms with E-state index in [1.54, 1.807) is 0 Å². The fraction of sp³-hybridized carbons (Fsp3) is 0.471. The molecule has 1 heterocycles. The molecule has 1 aromatic carbocycles. The van der Waals surface area contributed by atoms with Crippen LogP contribution in [0.4, 0.5) is 5.95 Å². The summed E-state index contributed by atoms with van der Waals surface area (Å²) < 4.78 is 2.23. The predicted molar refractivity (Wildman–Crippen MR) is 83.1 cm³/mol. The third-order valence-corrected chi connectivity index (χ3v) is 4.08. The summed E-state index contributed by atoms with van der Waals surface area (Å²) >= 11 is 0. The van der Waals surface area contributed by atoms with Crippen molar-refractivity contribution in [1.82, 2.24) is 9.55 Å². The van der Waals surface area contributed by atoms with Gasteiger partial charge in [0.05, 0.1) is 11.7 Å². The molecule has 1 aliphatic carbocycles. The van der Waals surface area contributed by atoms with Gasteiger partial charge >= 0.3 is 0 Å². The number of hydrogen-bond donors (Lipinski definition) is 1. The zero-order chi connectivity index (χ0) is 14.1. The lowest BCUT2D eigenvalue weighted by molar-refractivity contribution is 0.568. The van der Waals surface area contributed by atoms with E-state index in [1.807, 2.05) is 0 Å². The van der Waals surface area contributed by atoms with Crippen LogP contribution in [0.2, 0.25) is 0 Å². The van der Waals surface area contributed by atoms with Gasteiger partial charge in [0, 0.05) is 12.2 Å². The lowest BCUT2D eigenvalue weighted by Gasteiger charge is -2.27. The Morgan fingerprint density at radius 2 is 2.10 bits per heavy atom. The molecule has 0 spiro atoms. The number of aryl methyl sites for hydroxylation is 2. The summed E-state index contributed by atoms with van der Waals surface area (Å²) in [5.41, 5.74) is 4.00. The first-order valence-electron chi connectivity index (χ1n) is 7.55. The van der Waals surface area contributed by atoms with Gasteiger partial charge < -0.3 is 9.88 Å². The molecule has 0 bridgehead atoms. The largest absolute Gasteiger partial charge is 0.349 e. The highest BCUT2D eigenvalue weighted by molar-refractivity contribution is 5.40. The van der Waals surface area contributed by atoms with Crippen molar-refractivity contribution < 1.29 is 0 Å². The Morgan fingerprint density at radius 1 is 1.30 bits per heavy atom. The topological polar surface area (TPSA) is 29.9 Å². The van der Waals surface area contributed by atoms with Crippen LogP contribution in [0.15, 0.2) is 30.5 Å². The van der Waals surface area contributed by atoms with E-state index in [4.69, 9.17) is 0 Å². The lowest BCUT2D eigenvalue weighted by Crippen LogP contribution is -2.19. The van der Waals surface area contributed by atoms with Gasteiger partial charge in [0.25, 0.3) is 0 Å². The molecule has 1 aromatic heterocycles. The van der Waals surface area contributed by atoms with Crippen LogP contribution in [-0.2, 0) is 6.42 Å². The van der Waals surface area contributed by atoms with Gasteiger partial charge in [-0.3, -0.25) is 0 Å². The maximum atomic E-state index is 4.65. The normalized spacial score (nSPS) is 18.1. The Bertz CT molecular complexity index is 598. The molecule has 0 amide bonds. The van der Waals surface area contributed by atoms with E-state index in [9.17, 15) is 0 Å². The van der Waals surface area contributed by atoms with Gasteiger partial charge in [0.15, 0.2) is 0 Å². The number of rotatable bonds is 3. The predicted octanol–water partition coefficient (Wildman–Crippen LogP) is 4.26. The second kappa shape index (κ2) is 5.31. The summed E-state index contributed by atoms with van der Waals surface area (Å²) in [5, 5.41) is 3.66. The first-order chi connectivity index (χ1) is 9.65. The molecule has 20 heavy (non-hydrogen) atoms. The molecule has 0 fully saturated rings. The average molecular weight is 269 g/mol. The number of imidazole rings is 1. The fourth-order valence-corrected chi connectivity index (χ4v) is 3.08. The molecule has 2 aromatic rings. The minimum absolute atomic E-state index is 0.388. The summed E-state index contributed by atoms with van der Waals surface area (Å²) in [7, 11) is 0. The SMILES string of the molecule is Cc1cn(C(C)C)c(NC2CCCc3ccccc32)n1. The maximum absolute atomic E-state index is 4.65. The number of anilines is 1. The van der Waals surface area contributed by atoms with E-state index in [2.05, 4.69) is 66.1 Å². The van der Waals surface area contributed by atoms with E-state index in [-0.39, 0.29) is 0 Å². The van der Waals surface area contributed by atoms with Crippen molar-refractivity contribution in [3.05, 3.63) is 47.3 Å². The van der Waals surface area contributed by atoms with Gasteiger partial charge in [0.2, 0.25) is 5.95 Å². The highest BCUT2D eigenvalue weighted by Gasteiger charge is 2.21. The Morgan fingerprint density at radius 3 is 2.90 bits per heavy atom. The Labute approximate surface area is 121 Å². The summed E-state index contributed by atoms with van der Waals surface area (Å²) in [6, 6.07) is 9.60. The van der Waals surface area contributed by atoms with Gasteiger partial charge in [-0.2, -0.15) is 0 Å². The number of nitrogens with zero attached hydrogens (tertiary/aromatic N) is 2. The van der Waals surface area contributed by atoms with E-state index in [0.717, 1.165) is 11.6 Å². The smallest absolute Gasteiger partial charge is 0.203 e. The van der Waals surface area contributed by atoms with E-state index in [0.29, 0.717) is 12.1 Å². The van der Waals surface area contributed by atoms with Crippen molar-refractivity contribution in [2.45, 2.75) is 52.1 Å². The molecule has 0 aliphatic heterocycles. The van der Waals surface area contributed by atoms with Gasteiger partial charge in [-0.05, 0) is 51.2 Å². The van der Waals surface area contributed by atoms with Crippen LogP contribution in [0, 0.1) is 6.92 Å². The maximum Gasteiger partial charge on any atom is 0.203 e. The molecule has 1 aliphatic rings. The van der Waals surface area contributed by atoms with Gasteiger partial charge in [-0.15, -0.1) is 0 Å². The van der Waals surface area contributed by atoms with Crippen molar-refractivity contribution >= 4 is 5.95 Å². The second-order valence-electron chi connectivity index (χ2n) is 5.99. The summed E-state index contributed by atoms with van der Waals surface area (Å²) in [6.45, 7) is 6.45. The van der Waals surface area contributed by atoms with Crippen molar-refractivity contribution in [3.8, 4) is 0 Å². The molecule has 0 radical (unpaired) electrons. The third-order valence-electron chi connectivity index (χ3n) is 4.08. The fourth-order valence-electron chi connectivity index (χ4n) is 3.08. The first-order valence-corrected chi connectivity index (χ1v) is 7.55. The lowest BCUT2D eigenvalue weighted by atomic mass is 9.88. The first kappa shape index (κ1) is 13.2. The van der Waals surface area contributed by atoms with Crippen molar-refractivity contribution in [1.29, 1.82) is 0 Å². The summed E-state index contributed by atoms with van der Waals surface area (Å²) in [4.78, 5) is 4.65. The number of hydrogen-bond acceptors (Lipinski definition) is 2. The highest BCUT2D eigenvalue weighted by atomic mass is 15.2. The molecule has 1 atom stereocenters. The third kappa shape index (κ3) is 2.45. The minimum atomic E-state index is 0.388. The molecule has 0 saturated heterocycles. The van der Waals surface area contributed by atoms with E-state index >= 15 is 0 Å². The Kier molecular flexibility index (Phi) is 3.51. The molecule has 3 nitrogen and oxygen atoms in total. The molecular formula is C17H23N3. The Hall–Kier alpha value is -1.77. The van der Waals surface area contributed by atoms with Crippen molar-refractivity contribution in [3.63, 3.8) is 0 Å². The number of nitrogens with one attached hydrogen (secondary N) is 1. The minimum Gasteiger partial charge on any atom is -0.349 e. The van der Waals surface area contributed by atoms with Gasteiger partial charge in [-0.1, -0.05) is 24.3 Å². The Balaban J connectivity index is 1.89. The second-order valence-corrected chi connectivity index (χ2v) is 5.99. The van der Waals surface area contributed by atoms with Crippen LogP contribution < -0.4 is 5.32 Å². The van der Waals surface area contributed by atoms with Gasteiger partial charge in [-0.25, -0.2) is 4.98 Å². The van der Waals surface area contributed by atoms with Crippen molar-refractivity contribution in [2.24, 2.45) is 0 Å². The molecule has 0 saturated carbocycles. The average Bonchev–Trinajstić information content (AvgIpc) is 2.80. The quantitative estimate of drug-likeness (QED) is 0.902. The van der Waals surface area contributed by atoms with Crippen LogP contribution in [-0.4, -0.2) is 9.55 Å². The standard InChI is InChI=1S/C17H23N3/c1-12(2)20-11-13(3)18-17(20)19-16-10-6-8-14-7-4-5-9-15(14)16/h4-5,7,9,11-12,16H,6,8,10H2,1-3H3,(H,18,19). The van der Waals surface area contributed by atoms with Crippen LogP contribution in [0.3, 0.4) is 0 Å². The molecule has 1 unspecified atom stereocenters. The molecule has 1 N–H and O–H groups in total. The zero-order valence-electron chi connectivity index (χ0n) is 12.6. The van der Waals surface area contributed by atoms with Crippen LogP contribution in [0.5, 0.6) is 0 Å². The molecular weight excluding hydrogens is 246 g/mol. The van der Waals surface area contributed by atoms with Crippen molar-refractivity contribution in [2.75, 3.05) is 5.32 Å². The monoisotopic (exact) mass is 269 g/mol. The zero-order valence-corrected chi connectivity index (χ0v) is 12.6. The molecule has 3 rings (SSSR count). The van der Waals surface area contributed by atoms with Crippen LogP contribution in [0.25, 0.3) is 0 Å². The van der Waals surface area contributed by atoms with Crippen LogP contribution >= 0.6 is 0 Å². The summed E-state index contributed by atoms with van der Waals surface area (Å²) in [6.07, 6.45) is 5.75. The van der Waals surface area contributed by atoms with Gasteiger partial charge in [0.1, 0.15) is 0 Å². The van der Waals surface area contributed by atoms with E-state index < -0.39 is 0 Å². The summed E-state index contributed by atoms with van der Waals surface area (Å²) in [5.74, 6) is 0.999. The molecule has 106 valence electrons. The number of aromatic nitrogens is 2. The van der Waals surface area contributed by atoms with Crippen LogP contribution in [0.1, 0.15) is 55.6 Å². The highest BCUT2D eigenvalue weighted by Crippen LogP contribution is 2.32. The number of fused-ring (bicyclic) bond motifs is 1. The number of benzene rings is 1. The molecule has 3 heteroatoms. The van der Waals surface area contributed by atoms with E-state index in [1.165, 1.54) is 30.4 Å².